The van der Waals surface area contributed by atoms with Crippen molar-refractivity contribution >= 4 is 59.3 Å². The van der Waals surface area contributed by atoms with Crippen molar-refractivity contribution in [3.8, 4) is 33.4 Å². The summed E-state index contributed by atoms with van der Waals surface area (Å²) in [6, 6.07) is 68.1. The summed E-state index contributed by atoms with van der Waals surface area (Å²) >= 11 is 1.87. The van der Waals surface area contributed by atoms with Gasteiger partial charge in [-0.25, -0.2) is 0 Å². The summed E-state index contributed by atoms with van der Waals surface area (Å²) in [5.41, 5.74) is 13.0. The average molecular weight is 764 g/mol. The summed E-state index contributed by atoms with van der Waals surface area (Å²) in [6.07, 6.45) is 8.70. The van der Waals surface area contributed by atoms with Crippen molar-refractivity contribution in [1.82, 2.24) is 0 Å². The molecule has 4 aliphatic rings. The minimum absolute atomic E-state index is 0.430. The molecule has 4 saturated carbocycles. The van der Waals surface area contributed by atoms with E-state index in [1.807, 2.05) is 11.3 Å². The molecule has 0 atom stereocenters. The Morgan fingerprint density at radius 1 is 0.414 bits per heavy atom. The summed E-state index contributed by atoms with van der Waals surface area (Å²) in [6.45, 7) is 0. The van der Waals surface area contributed by atoms with Gasteiger partial charge < -0.3 is 4.90 Å². The number of benzene rings is 8. The average Bonchev–Trinajstić information content (AvgIpc) is 3.65. The molecule has 0 N–H and O–H groups in total. The van der Waals surface area contributed by atoms with E-state index in [1.54, 1.807) is 5.56 Å². The molecule has 9 aromatic rings. The van der Waals surface area contributed by atoms with Crippen molar-refractivity contribution in [1.29, 1.82) is 0 Å². The highest BCUT2D eigenvalue weighted by molar-refractivity contribution is 7.25. The molecule has 280 valence electrons. The molecule has 4 fully saturated rings. The first-order valence-corrected chi connectivity index (χ1v) is 22.1. The van der Waals surface area contributed by atoms with Crippen molar-refractivity contribution in [2.45, 2.75) is 43.9 Å². The van der Waals surface area contributed by atoms with Crippen molar-refractivity contribution in [2.75, 3.05) is 4.90 Å². The van der Waals surface area contributed by atoms with Gasteiger partial charge in [-0.3, -0.25) is 0 Å². The topological polar surface area (TPSA) is 3.24 Å². The van der Waals surface area contributed by atoms with E-state index >= 15 is 0 Å². The first-order valence-electron chi connectivity index (χ1n) is 21.2. The molecule has 0 amide bonds. The number of rotatable bonds is 7. The zero-order chi connectivity index (χ0) is 38.2. The van der Waals surface area contributed by atoms with Crippen LogP contribution in [0.3, 0.4) is 0 Å². The Morgan fingerprint density at radius 3 is 1.57 bits per heavy atom. The lowest BCUT2D eigenvalue weighted by Crippen LogP contribution is -2.48. The fourth-order valence-electron chi connectivity index (χ4n) is 11.8. The summed E-state index contributed by atoms with van der Waals surface area (Å²) in [7, 11) is 0. The Bertz CT molecular complexity index is 2920. The number of thiophene rings is 1. The second kappa shape index (κ2) is 13.6. The van der Waals surface area contributed by atoms with Crippen LogP contribution in [0.5, 0.6) is 0 Å². The van der Waals surface area contributed by atoms with E-state index in [4.69, 9.17) is 0 Å². The Labute approximate surface area is 345 Å². The van der Waals surface area contributed by atoms with Crippen LogP contribution in [0.15, 0.2) is 182 Å². The number of fused-ring (bicyclic) bond motifs is 4. The molecular weight excluding hydrogens is 719 g/mol. The number of hydrogen-bond donors (Lipinski definition) is 0. The molecule has 0 saturated heterocycles. The molecule has 4 bridgehead atoms. The highest BCUT2D eigenvalue weighted by atomic mass is 32.1. The van der Waals surface area contributed by atoms with Gasteiger partial charge in [-0.2, -0.15) is 0 Å². The largest absolute Gasteiger partial charge is 0.310 e. The van der Waals surface area contributed by atoms with E-state index in [0.29, 0.717) is 5.41 Å². The first-order chi connectivity index (χ1) is 28.6. The molecule has 0 radical (unpaired) electrons. The van der Waals surface area contributed by atoms with E-state index in [2.05, 4.69) is 187 Å². The van der Waals surface area contributed by atoms with Gasteiger partial charge in [-0.05, 0) is 160 Å². The number of anilines is 3. The Kier molecular flexibility index (Phi) is 7.98. The molecule has 1 nitrogen and oxygen atoms in total. The first kappa shape index (κ1) is 34.1. The maximum absolute atomic E-state index is 2.48. The lowest BCUT2D eigenvalue weighted by molar-refractivity contribution is -0.00518. The van der Waals surface area contributed by atoms with Gasteiger partial charge in [0.25, 0.3) is 0 Å². The quantitative estimate of drug-likeness (QED) is 0.156. The Balaban J connectivity index is 0.919. The van der Waals surface area contributed by atoms with E-state index in [1.165, 1.54) is 103 Å². The predicted molar refractivity (Wildman–Crippen MR) is 248 cm³/mol. The third kappa shape index (κ3) is 5.72. The number of hydrogen-bond acceptors (Lipinski definition) is 2. The summed E-state index contributed by atoms with van der Waals surface area (Å²) in [5, 5.41) is 5.16. The van der Waals surface area contributed by atoms with Crippen LogP contribution in [-0.4, -0.2) is 0 Å². The Hall–Kier alpha value is -5.96. The van der Waals surface area contributed by atoms with E-state index in [-0.39, 0.29) is 0 Å². The third-order valence-corrected chi connectivity index (χ3v) is 15.2. The maximum Gasteiger partial charge on any atom is 0.0468 e. The minimum atomic E-state index is 0.430. The van der Waals surface area contributed by atoms with Gasteiger partial charge in [-0.15, -0.1) is 11.3 Å². The third-order valence-electron chi connectivity index (χ3n) is 14.0. The van der Waals surface area contributed by atoms with Crippen LogP contribution in [0, 0.1) is 17.8 Å². The van der Waals surface area contributed by atoms with Gasteiger partial charge in [0, 0.05) is 37.2 Å². The van der Waals surface area contributed by atoms with E-state index < -0.39 is 0 Å². The summed E-state index contributed by atoms with van der Waals surface area (Å²) in [5.74, 6) is 2.88. The van der Waals surface area contributed by atoms with Crippen LogP contribution in [-0.2, 0) is 5.41 Å². The second-order valence-corrected chi connectivity index (χ2v) is 18.6. The standard InChI is InChI=1S/C56H45NS/c1-2-8-42(9-3-1)49-13-6-10-44-11-7-14-50(55(44)49)43-20-26-47(27-21-43)57(48-28-29-54-52(33-48)51-12-4-5-15-53(51)58-54)46-24-18-41(19-25-46)40-16-22-45(23-17-40)56-34-37-30-38(35-56)32-39(31-37)36-56/h1-29,33,37-39H,30-32,34-36H2. The lowest BCUT2D eigenvalue weighted by atomic mass is 9.48. The van der Waals surface area contributed by atoms with Gasteiger partial charge >= 0.3 is 0 Å². The lowest BCUT2D eigenvalue weighted by Gasteiger charge is -2.57. The van der Waals surface area contributed by atoms with Crippen molar-refractivity contribution in [3.05, 3.63) is 188 Å². The molecule has 4 aliphatic carbocycles. The maximum atomic E-state index is 2.48. The van der Waals surface area contributed by atoms with Gasteiger partial charge in [0.1, 0.15) is 0 Å². The van der Waals surface area contributed by atoms with Crippen molar-refractivity contribution < 1.29 is 0 Å². The van der Waals surface area contributed by atoms with Gasteiger partial charge in [0.15, 0.2) is 0 Å². The van der Waals surface area contributed by atoms with Gasteiger partial charge in [0.05, 0.1) is 0 Å². The molecular formula is C56H45NS. The van der Waals surface area contributed by atoms with Gasteiger partial charge in [-0.1, -0.05) is 133 Å². The molecule has 1 heterocycles. The highest BCUT2D eigenvalue weighted by Gasteiger charge is 2.51. The van der Waals surface area contributed by atoms with Crippen molar-refractivity contribution in [2.24, 2.45) is 17.8 Å². The highest BCUT2D eigenvalue weighted by Crippen LogP contribution is 2.60. The zero-order valence-electron chi connectivity index (χ0n) is 32.7. The van der Waals surface area contributed by atoms with E-state index in [0.717, 1.165) is 34.8 Å². The molecule has 1 aromatic heterocycles. The SMILES string of the molecule is c1ccc(-c2cccc3cccc(-c4ccc(N(c5ccc(-c6ccc(C78CC9CC(CC(C9)C7)C8)cc6)cc5)c5ccc6sc7ccccc7c6c5)cc4)c23)cc1. The fourth-order valence-corrected chi connectivity index (χ4v) is 12.9. The van der Waals surface area contributed by atoms with Crippen LogP contribution in [0.25, 0.3) is 64.3 Å². The number of nitrogens with zero attached hydrogens (tertiary/aromatic N) is 1. The molecule has 58 heavy (non-hydrogen) atoms. The molecule has 0 spiro atoms. The minimum Gasteiger partial charge on any atom is -0.310 e. The fraction of sp³-hybridized carbons (Fsp3) is 0.179. The molecule has 8 aromatic carbocycles. The smallest absolute Gasteiger partial charge is 0.0468 e. The van der Waals surface area contributed by atoms with Crippen LogP contribution in [0.4, 0.5) is 17.1 Å². The second-order valence-electron chi connectivity index (χ2n) is 17.6. The van der Waals surface area contributed by atoms with Crippen molar-refractivity contribution in [3.63, 3.8) is 0 Å². The molecule has 0 aliphatic heterocycles. The van der Waals surface area contributed by atoms with Crippen LogP contribution >= 0.6 is 11.3 Å². The van der Waals surface area contributed by atoms with Gasteiger partial charge in [0.2, 0.25) is 0 Å². The molecule has 0 unspecified atom stereocenters. The Morgan fingerprint density at radius 2 is 0.931 bits per heavy atom. The molecule has 13 rings (SSSR count). The molecule has 2 heteroatoms. The normalized spacial score (nSPS) is 20.9. The summed E-state index contributed by atoms with van der Waals surface area (Å²) in [4.78, 5) is 2.42. The van der Waals surface area contributed by atoms with Crippen LogP contribution < -0.4 is 4.90 Å². The van der Waals surface area contributed by atoms with E-state index in [9.17, 15) is 0 Å². The monoisotopic (exact) mass is 763 g/mol. The van der Waals surface area contributed by atoms with Crippen LogP contribution in [0.1, 0.15) is 44.1 Å². The predicted octanol–water partition coefficient (Wildman–Crippen LogP) is 16.1. The summed E-state index contributed by atoms with van der Waals surface area (Å²) < 4.78 is 2.65. The van der Waals surface area contributed by atoms with Crippen LogP contribution in [0.2, 0.25) is 0 Å². The zero-order valence-corrected chi connectivity index (χ0v) is 33.5.